The maximum Gasteiger partial charge on any atom is 0.357 e. The van der Waals surface area contributed by atoms with Gasteiger partial charge in [0, 0.05) is 6.20 Å². The van der Waals surface area contributed by atoms with Crippen molar-refractivity contribution in [1.82, 2.24) is 4.98 Å². The first-order valence-corrected chi connectivity index (χ1v) is 8.10. The van der Waals surface area contributed by atoms with E-state index in [0.717, 1.165) is 31.2 Å². The molecule has 1 saturated carbocycles. The molecule has 0 unspecified atom stereocenters. The number of carbonyl (C=O) groups excluding carboxylic acids is 1. The van der Waals surface area contributed by atoms with Crippen LogP contribution in [0.1, 0.15) is 41.7 Å². The summed E-state index contributed by atoms with van der Waals surface area (Å²) >= 11 is 0. The maximum atomic E-state index is 12.2. The Morgan fingerprint density at radius 3 is 2.48 bits per heavy atom. The molecule has 4 nitrogen and oxygen atoms in total. The van der Waals surface area contributed by atoms with Crippen LogP contribution in [-0.4, -0.2) is 23.2 Å². The molecule has 4 heteroatoms. The second-order valence-corrected chi connectivity index (χ2v) is 5.78. The third-order valence-electron chi connectivity index (χ3n) is 4.08. The molecule has 1 aliphatic carbocycles. The van der Waals surface area contributed by atoms with E-state index in [1.807, 2.05) is 30.3 Å². The van der Waals surface area contributed by atoms with Gasteiger partial charge in [-0.05, 0) is 37.0 Å². The topological polar surface area (TPSA) is 48.4 Å². The molecule has 2 atom stereocenters. The number of ether oxygens (including phenoxy) is 2. The van der Waals surface area contributed by atoms with E-state index in [4.69, 9.17) is 9.47 Å². The van der Waals surface area contributed by atoms with Crippen LogP contribution in [0.3, 0.4) is 0 Å². The minimum absolute atomic E-state index is 0.0448. The summed E-state index contributed by atoms with van der Waals surface area (Å²) in [5.41, 5.74) is 1.48. The van der Waals surface area contributed by atoms with Gasteiger partial charge in [0.2, 0.25) is 0 Å². The Hall–Kier alpha value is -2.20. The lowest BCUT2D eigenvalue weighted by atomic mass is 9.94. The Kier molecular flexibility index (Phi) is 5.37. The van der Waals surface area contributed by atoms with Crippen LogP contribution < -0.4 is 0 Å². The molecule has 23 heavy (non-hydrogen) atoms. The summed E-state index contributed by atoms with van der Waals surface area (Å²) in [5, 5.41) is 0. The van der Waals surface area contributed by atoms with Crippen molar-refractivity contribution in [2.45, 2.75) is 44.5 Å². The van der Waals surface area contributed by atoms with Gasteiger partial charge in [0.05, 0.1) is 12.7 Å². The van der Waals surface area contributed by atoms with Crippen molar-refractivity contribution in [3.05, 3.63) is 66.0 Å². The Balaban J connectivity index is 1.59. The second-order valence-electron chi connectivity index (χ2n) is 5.78. The van der Waals surface area contributed by atoms with Gasteiger partial charge >= 0.3 is 5.97 Å². The van der Waals surface area contributed by atoms with Crippen molar-refractivity contribution in [2.24, 2.45) is 0 Å². The van der Waals surface area contributed by atoms with Gasteiger partial charge in [-0.25, -0.2) is 9.78 Å². The lowest BCUT2D eigenvalue weighted by Gasteiger charge is -2.31. The average molecular weight is 311 g/mol. The van der Waals surface area contributed by atoms with Crippen LogP contribution in [0.15, 0.2) is 54.7 Å². The van der Waals surface area contributed by atoms with Crippen molar-refractivity contribution < 1.29 is 14.3 Å². The number of carbonyl (C=O) groups is 1. The zero-order chi connectivity index (χ0) is 15.9. The Bertz CT molecular complexity index is 615. The van der Waals surface area contributed by atoms with Gasteiger partial charge < -0.3 is 9.47 Å². The summed E-state index contributed by atoms with van der Waals surface area (Å²) in [6.45, 7) is 0.545. The monoisotopic (exact) mass is 311 g/mol. The first kappa shape index (κ1) is 15.7. The van der Waals surface area contributed by atoms with E-state index in [9.17, 15) is 4.79 Å². The van der Waals surface area contributed by atoms with Gasteiger partial charge in [-0.2, -0.15) is 0 Å². The third-order valence-corrected chi connectivity index (χ3v) is 4.08. The Labute approximate surface area is 136 Å². The van der Waals surface area contributed by atoms with Crippen LogP contribution in [0.4, 0.5) is 0 Å². The number of hydrogen-bond acceptors (Lipinski definition) is 4. The molecule has 0 spiro atoms. The summed E-state index contributed by atoms with van der Waals surface area (Å²) in [6, 6.07) is 15.3. The Morgan fingerprint density at radius 2 is 1.74 bits per heavy atom. The van der Waals surface area contributed by atoms with Crippen LogP contribution in [0, 0.1) is 0 Å². The normalized spacial score (nSPS) is 20.9. The average Bonchev–Trinajstić information content (AvgIpc) is 2.62. The van der Waals surface area contributed by atoms with Crippen molar-refractivity contribution in [1.29, 1.82) is 0 Å². The quantitative estimate of drug-likeness (QED) is 0.789. The fourth-order valence-electron chi connectivity index (χ4n) is 2.85. The SMILES string of the molecule is O=C(O[C@@H]1CCCC[C@@H]1OCc1ccccc1)c1ccccn1. The van der Waals surface area contributed by atoms with Crippen LogP contribution in [-0.2, 0) is 16.1 Å². The summed E-state index contributed by atoms with van der Waals surface area (Å²) in [4.78, 5) is 16.2. The second kappa shape index (κ2) is 7.88. The van der Waals surface area contributed by atoms with Crippen LogP contribution in [0.5, 0.6) is 0 Å². The van der Waals surface area contributed by atoms with E-state index in [0.29, 0.717) is 12.3 Å². The minimum atomic E-state index is -0.370. The van der Waals surface area contributed by atoms with E-state index >= 15 is 0 Å². The molecule has 0 bridgehead atoms. The minimum Gasteiger partial charge on any atom is -0.455 e. The molecule has 1 aromatic heterocycles. The number of nitrogens with zero attached hydrogens (tertiary/aromatic N) is 1. The van der Waals surface area contributed by atoms with Crippen LogP contribution >= 0.6 is 0 Å². The first-order valence-electron chi connectivity index (χ1n) is 8.10. The fourth-order valence-corrected chi connectivity index (χ4v) is 2.85. The number of hydrogen-bond donors (Lipinski definition) is 0. The lowest BCUT2D eigenvalue weighted by Crippen LogP contribution is -2.36. The smallest absolute Gasteiger partial charge is 0.357 e. The molecular weight excluding hydrogens is 290 g/mol. The summed E-state index contributed by atoms with van der Waals surface area (Å²) in [7, 11) is 0. The van der Waals surface area contributed by atoms with E-state index in [1.54, 1.807) is 24.4 Å². The van der Waals surface area contributed by atoms with Crippen molar-refractivity contribution in [3.63, 3.8) is 0 Å². The van der Waals surface area contributed by atoms with Crippen molar-refractivity contribution >= 4 is 5.97 Å². The molecule has 0 radical (unpaired) electrons. The van der Waals surface area contributed by atoms with Gasteiger partial charge in [0.1, 0.15) is 11.8 Å². The highest BCUT2D eigenvalue weighted by molar-refractivity contribution is 5.87. The maximum absolute atomic E-state index is 12.2. The molecule has 2 aromatic rings. The molecule has 0 amide bonds. The predicted molar refractivity (Wildman–Crippen MR) is 86.9 cm³/mol. The largest absolute Gasteiger partial charge is 0.455 e. The standard InChI is InChI=1S/C19H21NO3/c21-19(16-10-6-7-13-20-16)23-18-12-5-4-11-17(18)22-14-15-8-2-1-3-9-15/h1-3,6-10,13,17-18H,4-5,11-12,14H2/t17-,18+/m0/s1. The van der Waals surface area contributed by atoms with Crippen LogP contribution in [0.25, 0.3) is 0 Å². The molecule has 3 rings (SSSR count). The molecule has 1 fully saturated rings. The number of aromatic nitrogens is 1. The molecule has 120 valence electrons. The number of pyridine rings is 1. The molecule has 0 saturated heterocycles. The molecule has 1 aromatic carbocycles. The van der Waals surface area contributed by atoms with Gasteiger partial charge in [-0.1, -0.05) is 42.8 Å². The van der Waals surface area contributed by atoms with E-state index < -0.39 is 0 Å². The fraction of sp³-hybridized carbons (Fsp3) is 0.368. The molecule has 0 aliphatic heterocycles. The van der Waals surface area contributed by atoms with E-state index in [2.05, 4.69) is 4.98 Å². The molecular formula is C19H21NO3. The zero-order valence-electron chi connectivity index (χ0n) is 13.1. The molecule has 1 aliphatic rings. The van der Waals surface area contributed by atoms with E-state index in [1.165, 1.54) is 0 Å². The van der Waals surface area contributed by atoms with Gasteiger partial charge in [0.15, 0.2) is 0 Å². The van der Waals surface area contributed by atoms with Gasteiger partial charge in [-0.15, -0.1) is 0 Å². The zero-order valence-corrected chi connectivity index (χ0v) is 13.1. The predicted octanol–water partition coefficient (Wildman–Crippen LogP) is 3.77. The lowest BCUT2D eigenvalue weighted by molar-refractivity contribution is -0.0772. The molecule has 1 heterocycles. The first-order chi connectivity index (χ1) is 11.3. The third kappa shape index (κ3) is 4.39. The number of esters is 1. The highest BCUT2D eigenvalue weighted by Crippen LogP contribution is 2.25. The van der Waals surface area contributed by atoms with E-state index in [-0.39, 0.29) is 18.2 Å². The van der Waals surface area contributed by atoms with Gasteiger partial charge in [-0.3, -0.25) is 0 Å². The van der Waals surface area contributed by atoms with Crippen LogP contribution in [0.2, 0.25) is 0 Å². The number of rotatable bonds is 5. The highest BCUT2D eigenvalue weighted by Gasteiger charge is 2.29. The summed E-state index contributed by atoms with van der Waals surface area (Å²) in [5.74, 6) is -0.370. The van der Waals surface area contributed by atoms with Crippen molar-refractivity contribution in [3.8, 4) is 0 Å². The molecule has 0 N–H and O–H groups in total. The summed E-state index contributed by atoms with van der Waals surface area (Å²) < 4.78 is 11.7. The Morgan fingerprint density at radius 1 is 1.00 bits per heavy atom. The summed E-state index contributed by atoms with van der Waals surface area (Å²) in [6.07, 6.45) is 5.30. The number of benzene rings is 1. The highest BCUT2D eigenvalue weighted by atomic mass is 16.6. The van der Waals surface area contributed by atoms with Crippen molar-refractivity contribution in [2.75, 3.05) is 0 Å². The van der Waals surface area contributed by atoms with Gasteiger partial charge in [0.25, 0.3) is 0 Å².